The molecule has 2 amide bonds. The van der Waals surface area contributed by atoms with E-state index < -0.39 is 0 Å². The van der Waals surface area contributed by atoms with Crippen LogP contribution in [0.15, 0.2) is 24.3 Å². The van der Waals surface area contributed by atoms with Gasteiger partial charge in [-0.15, -0.1) is 0 Å². The summed E-state index contributed by atoms with van der Waals surface area (Å²) in [5, 5.41) is 5.46. The van der Waals surface area contributed by atoms with Crippen molar-refractivity contribution in [2.45, 2.75) is 13.3 Å². The number of nitrogens with one attached hydrogen (secondary N) is 2. The minimum atomic E-state index is -0.304. The summed E-state index contributed by atoms with van der Waals surface area (Å²) >= 11 is 0. The summed E-state index contributed by atoms with van der Waals surface area (Å²) in [5.41, 5.74) is 0.919. The van der Waals surface area contributed by atoms with Crippen molar-refractivity contribution in [1.29, 1.82) is 0 Å². The molecule has 0 bridgehead atoms. The lowest BCUT2D eigenvalue weighted by Gasteiger charge is -2.11. The van der Waals surface area contributed by atoms with Crippen LogP contribution in [0.1, 0.15) is 23.7 Å². The third kappa shape index (κ3) is 6.37. The maximum atomic E-state index is 12.0. The molecule has 0 aliphatic heterocycles. The number of carbonyl (C=O) groups is 2. The Balaban J connectivity index is 2.58. The van der Waals surface area contributed by atoms with Crippen LogP contribution in [0.2, 0.25) is 0 Å². The average Bonchev–Trinajstić information content (AvgIpc) is 2.50. The van der Waals surface area contributed by atoms with Gasteiger partial charge in [-0.25, -0.2) is 0 Å². The molecule has 0 radical (unpaired) electrons. The van der Waals surface area contributed by atoms with Gasteiger partial charge in [0.15, 0.2) is 0 Å². The topological polar surface area (TPSA) is 76.7 Å². The third-order valence-electron chi connectivity index (χ3n) is 2.65. The first kappa shape index (κ1) is 17.1. The largest absolute Gasteiger partial charge is 0.382 e. The normalized spacial score (nSPS) is 10.2. The standard InChI is InChI=1S/C15H22N2O4/c1-3-8-16-15(19)12-6-4-5-7-13(12)17-14(18)11-21-10-9-20-2/h4-7H,3,8-11H2,1-2H3,(H,16,19)(H,17,18). The van der Waals surface area contributed by atoms with Gasteiger partial charge in [-0.3, -0.25) is 9.59 Å². The molecule has 6 nitrogen and oxygen atoms in total. The van der Waals surface area contributed by atoms with E-state index in [-0.39, 0.29) is 18.4 Å². The summed E-state index contributed by atoms with van der Waals surface area (Å²) in [6.45, 7) is 3.28. The van der Waals surface area contributed by atoms with E-state index in [1.165, 1.54) is 0 Å². The van der Waals surface area contributed by atoms with E-state index in [9.17, 15) is 9.59 Å². The van der Waals surface area contributed by atoms with Gasteiger partial charge in [0.05, 0.1) is 24.5 Å². The fourth-order valence-corrected chi connectivity index (χ4v) is 1.62. The Kier molecular flexibility index (Phi) is 8.08. The molecule has 0 saturated carbocycles. The maximum Gasteiger partial charge on any atom is 0.253 e. The molecule has 0 spiro atoms. The fourth-order valence-electron chi connectivity index (χ4n) is 1.62. The molecule has 116 valence electrons. The van der Waals surface area contributed by atoms with Gasteiger partial charge < -0.3 is 20.1 Å². The lowest BCUT2D eigenvalue weighted by molar-refractivity contribution is -0.121. The zero-order valence-corrected chi connectivity index (χ0v) is 12.5. The molecule has 0 aliphatic rings. The number of benzene rings is 1. The molecule has 21 heavy (non-hydrogen) atoms. The van der Waals surface area contributed by atoms with Crippen LogP contribution < -0.4 is 10.6 Å². The van der Waals surface area contributed by atoms with Crippen LogP contribution in [-0.2, 0) is 14.3 Å². The van der Waals surface area contributed by atoms with E-state index in [2.05, 4.69) is 10.6 Å². The van der Waals surface area contributed by atoms with E-state index in [0.717, 1.165) is 6.42 Å². The van der Waals surface area contributed by atoms with E-state index in [4.69, 9.17) is 9.47 Å². The van der Waals surface area contributed by atoms with Gasteiger partial charge in [0.2, 0.25) is 5.91 Å². The second-order valence-electron chi connectivity index (χ2n) is 4.40. The molecule has 1 rings (SSSR count). The highest BCUT2D eigenvalue weighted by molar-refractivity contribution is 6.03. The molecule has 0 unspecified atom stereocenters. The van der Waals surface area contributed by atoms with Gasteiger partial charge in [0.25, 0.3) is 5.91 Å². The van der Waals surface area contributed by atoms with Crippen molar-refractivity contribution < 1.29 is 19.1 Å². The highest BCUT2D eigenvalue weighted by Crippen LogP contribution is 2.14. The Labute approximate surface area is 124 Å². The first-order valence-electron chi connectivity index (χ1n) is 6.92. The molecule has 2 N–H and O–H groups in total. The number of methoxy groups -OCH3 is 1. The number of para-hydroxylation sites is 1. The van der Waals surface area contributed by atoms with Gasteiger partial charge in [0, 0.05) is 13.7 Å². The first-order chi connectivity index (χ1) is 10.2. The van der Waals surface area contributed by atoms with Gasteiger partial charge >= 0.3 is 0 Å². The fraction of sp³-hybridized carbons (Fsp3) is 0.467. The maximum absolute atomic E-state index is 12.0. The number of amides is 2. The van der Waals surface area contributed by atoms with Crippen LogP contribution in [0, 0.1) is 0 Å². The summed E-state index contributed by atoms with van der Waals surface area (Å²) in [4.78, 5) is 23.8. The van der Waals surface area contributed by atoms with E-state index in [1.54, 1.807) is 31.4 Å². The second kappa shape index (κ2) is 9.90. The molecular weight excluding hydrogens is 272 g/mol. The number of hydrogen-bond donors (Lipinski definition) is 2. The van der Waals surface area contributed by atoms with Crippen LogP contribution in [0.3, 0.4) is 0 Å². The summed E-state index contributed by atoms with van der Waals surface area (Å²) in [6, 6.07) is 6.88. The van der Waals surface area contributed by atoms with Gasteiger partial charge in [-0.2, -0.15) is 0 Å². The van der Waals surface area contributed by atoms with Crippen molar-refractivity contribution in [1.82, 2.24) is 5.32 Å². The highest BCUT2D eigenvalue weighted by Gasteiger charge is 2.12. The predicted octanol–water partition coefficient (Wildman–Crippen LogP) is 1.43. The summed E-state index contributed by atoms with van der Waals surface area (Å²) in [6.07, 6.45) is 0.855. The molecule has 0 fully saturated rings. The summed E-state index contributed by atoms with van der Waals surface area (Å²) in [7, 11) is 1.56. The quantitative estimate of drug-likeness (QED) is 0.675. The average molecular weight is 294 g/mol. The van der Waals surface area contributed by atoms with Crippen molar-refractivity contribution in [3.05, 3.63) is 29.8 Å². The molecule has 1 aromatic rings. The number of anilines is 1. The monoisotopic (exact) mass is 294 g/mol. The van der Waals surface area contributed by atoms with Crippen LogP contribution in [-0.4, -0.2) is 45.3 Å². The van der Waals surface area contributed by atoms with Crippen molar-refractivity contribution in [3.8, 4) is 0 Å². The van der Waals surface area contributed by atoms with Gasteiger partial charge in [-0.1, -0.05) is 19.1 Å². The minimum absolute atomic E-state index is 0.0751. The number of carbonyl (C=O) groups excluding carboxylic acids is 2. The Bertz CT molecular complexity index is 463. The van der Waals surface area contributed by atoms with E-state index >= 15 is 0 Å². The molecule has 1 aromatic carbocycles. The number of ether oxygens (including phenoxy) is 2. The Morgan fingerprint density at radius 1 is 1.19 bits per heavy atom. The van der Waals surface area contributed by atoms with Crippen molar-refractivity contribution in [2.75, 3.05) is 38.8 Å². The minimum Gasteiger partial charge on any atom is -0.382 e. The van der Waals surface area contributed by atoms with Crippen molar-refractivity contribution >= 4 is 17.5 Å². The van der Waals surface area contributed by atoms with Crippen molar-refractivity contribution in [2.24, 2.45) is 0 Å². The lowest BCUT2D eigenvalue weighted by Crippen LogP contribution is -2.26. The summed E-state index contributed by atoms with van der Waals surface area (Å²) in [5.74, 6) is -0.505. The predicted molar refractivity (Wildman–Crippen MR) is 80.4 cm³/mol. The lowest BCUT2D eigenvalue weighted by atomic mass is 10.1. The Morgan fingerprint density at radius 2 is 1.95 bits per heavy atom. The van der Waals surface area contributed by atoms with Crippen LogP contribution in [0.4, 0.5) is 5.69 Å². The smallest absolute Gasteiger partial charge is 0.253 e. The SMILES string of the molecule is CCCNC(=O)c1ccccc1NC(=O)COCCOC. The van der Waals surface area contributed by atoms with Gasteiger partial charge in [-0.05, 0) is 18.6 Å². The molecule has 0 aromatic heterocycles. The Hall–Kier alpha value is -1.92. The zero-order chi connectivity index (χ0) is 15.5. The Morgan fingerprint density at radius 3 is 2.67 bits per heavy atom. The number of hydrogen-bond acceptors (Lipinski definition) is 4. The van der Waals surface area contributed by atoms with Crippen LogP contribution >= 0.6 is 0 Å². The third-order valence-corrected chi connectivity index (χ3v) is 2.65. The molecule has 6 heteroatoms. The van der Waals surface area contributed by atoms with Gasteiger partial charge in [0.1, 0.15) is 6.61 Å². The second-order valence-corrected chi connectivity index (χ2v) is 4.40. The van der Waals surface area contributed by atoms with Crippen LogP contribution in [0.5, 0.6) is 0 Å². The first-order valence-corrected chi connectivity index (χ1v) is 6.92. The summed E-state index contributed by atoms with van der Waals surface area (Å²) < 4.78 is 9.96. The van der Waals surface area contributed by atoms with Crippen molar-refractivity contribution in [3.63, 3.8) is 0 Å². The van der Waals surface area contributed by atoms with E-state index in [1.807, 2.05) is 6.92 Å². The highest BCUT2D eigenvalue weighted by atomic mass is 16.5. The number of rotatable bonds is 9. The molecule has 0 aliphatic carbocycles. The zero-order valence-electron chi connectivity index (χ0n) is 12.5. The molecule has 0 saturated heterocycles. The van der Waals surface area contributed by atoms with Crippen LogP contribution in [0.25, 0.3) is 0 Å². The molecule has 0 heterocycles. The molecular formula is C15H22N2O4. The molecule has 0 atom stereocenters. The van der Waals surface area contributed by atoms with E-state index in [0.29, 0.717) is 31.0 Å².